The van der Waals surface area contributed by atoms with Crippen molar-refractivity contribution in [3.05, 3.63) is 6.33 Å². The van der Waals surface area contributed by atoms with Gasteiger partial charge in [-0.2, -0.15) is 0 Å². The van der Waals surface area contributed by atoms with Gasteiger partial charge in [-0.05, 0) is 45.2 Å². The van der Waals surface area contributed by atoms with Gasteiger partial charge in [0.2, 0.25) is 5.91 Å². The minimum Gasteiger partial charge on any atom is -0.353 e. The molecule has 9 heteroatoms. The van der Waals surface area contributed by atoms with Crippen molar-refractivity contribution in [3.8, 4) is 0 Å². The Morgan fingerprint density at radius 2 is 1.82 bits per heavy atom. The quantitative estimate of drug-likeness (QED) is 0.753. The number of hydrogen-bond donors (Lipinski definition) is 0. The van der Waals surface area contributed by atoms with Gasteiger partial charge in [-0.1, -0.05) is 5.21 Å². The van der Waals surface area contributed by atoms with Crippen LogP contribution in [0.4, 0.5) is 5.82 Å². The second kappa shape index (κ2) is 6.95. The summed E-state index contributed by atoms with van der Waals surface area (Å²) >= 11 is 0. The fraction of sp³-hybridized carbons (Fsp3) is 0.737. The van der Waals surface area contributed by atoms with Crippen LogP contribution in [0.5, 0.6) is 0 Å². The number of amides is 1. The van der Waals surface area contributed by atoms with Crippen molar-refractivity contribution in [1.82, 2.24) is 34.8 Å². The molecule has 2 aromatic heterocycles. The van der Waals surface area contributed by atoms with Crippen LogP contribution in [-0.2, 0) is 11.8 Å². The summed E-state index contributed by atoms with van der Waals surface area (Å²) in [5.74, 6) is 1.21. The Kier molecular flexibility index (Phi) is 4.41. The molecule has 0 radical (unpaired) electrons. The molecular formula is C19H28N8O. The Balaban J connectivity index is 1.33. The number of hydrogen-bond acceptors (Lipinski definition) is 7. The number of nitrogens with zero attached hydrogens (tertiary/aromatic N) is 8. The van der Waals surface area contributed by atoms with E-state index < -0.39 is 0 Å². The Bertz CT molecular complexity index is 870. The molecule has 0 saturated carbocycles. The van der Waals surface area contributed by atoms with Crippen LogP contribution < -0.4 is 4.90 Å². The van der Waals surface area contributed by atoms with E-state index in [1.54, 1.807) is 11.0 Å². The van der Waals surface area contributed by atoms with Crippen LogP contribution in [-0.4, -0.2) is 86.5 Å². The third kappa shape index (κ3) is 2.92. The van der Waals surface area contributed by atoms with Crippen molar-refractivity contribution >= 4 is 22.9 Å². The second-order valence-electron chi connectivity index (χ2n) is 8.48. The van der Waals surface area contributed by atoms with Gasteiger partial charge in [0, 0.05) is 39.8 Å². The third-order valence-corrected chi connectivity index (χ3v) is 6.69. The number of carbonyl (C=O) groups is 1. The molecule has 150 valence electrons. The molecule has 3 aliphatic heterocycles. The van der Waals surface area contributed by atoms with Gasteiger partial charge in [0.1, 0.15) is 6.33 Å². The zero-order valence-electron chi connectivity index (χ0n) is 16.5. The first-order valence-electron chi connectivity index (χ1n) is 10.4. The van der Waals surface area contributed by atoms with Gasteiger partial charge in [0.25, 0.3) is 0 Å². The number of aryl methyl sites for hydroxylation is 1. The summed E-state index contributed by atoms with van der Waals surface area (Å²) in [6.45, 7) is 6.48. The average Bonchev–Trinajstić information content (AvgIpc) is 2.94. The zero-order valence-corrected chi connectivity index (χ0v) is 16.5. The molecule has 0 N–H and O–H groups in total. The van der Waals surface area contributed by atoms with Crippen LogP contribution >= 0.6 is 0 Å². The predicted octanol–water partition coefficient (Wildman–Crippen LogP) is 0.673. The highest BCUT2D eigenvalue weighted by molar-refractivity contribution is 5.84. The van der Waals surface area contributed by atoms with Crippen molar-refractivity contribution < 1.29 is 4.79 Å². The number of rotatable bonds is 2. The molecule has 5 heterocycles. The first kappa shape index (κ1) is 17.8. The van der Waals surface area contributed by atoms with Crippen LogP contribution in [0.3, 0.4) is 0 Å². The summed E-state index contributed by atoms with van der Waals surface area (Å²) in [6.07, 6.45) is 6.92. The van der Waals surface area contributed by atoms with Crippen LogP contribution in [0.15, 0.2) is 6.33 Å². The van der Waals surface area contributed by atoms with Crippen LogP contribution in [0.1, 0.15) is 32.1 Å². The van der Waals surface area contributed by atoms with Gasteiger partial charge in [-0.15, -0.1) is 5.10 Å². The van der Waals surface area contributed by atoms with E-state index in [1.165, 1.54) is 0 Å². The molecular weight excluding hydrogens is 356 g/mol. The molecule has 0 spiro atoms. The number of carbonyl (C=O) groups excluding carboxylic acids is 1. The summed E-state index contributed by atoms with van der Waals surface area (Å²) in [7, 11) is 1.84. The topological polar surface area (TPSA) is 83.3 Å². The summed E-state index contributed by atoms with van der Waals surface area (Å²) in [6, 6.07) is 0. The lowest BCUT2D eigenvalue weighted by atomic mass is 9.72. The molecule has 3 saturated heterocycles. The molecule has 0 aliphatic carbocycles. The average molecular weight is 384 g/mol. The number of fused-ring (bicyclic) bond motifs is 3. The summed E-state index contributed by atoms with van der Waals surface area (Å²) < 4.78 is 1.67. The third-order valence-electron chi connectivity index (χ3n) is 6.69. The highest BCUT2D eigenvalue weighted by Crippen LogP contribution is 2.40. The molecule has 0 aromatic carbocycles. The minimum atomic E-state index is -0.140. The van der Waals surface area contributed by atoms with Crippen LogP contribution in [0, 0.1) is 5.41 Å². The fourth-order valence-electron chi connectivity index (χ4n) is 5.28. The predicted molar refractivity (Wildman–Crippen MR) is 105 cm³/mol. The first-order chi connectivity index (χ1) is 13.7. The zero-order chi connectivity index (χ0) is 19.1. The van der Waals surface area contributed by atoms with Gasteiger partial charge < -0.3 is 14.7 Å². The molecule has 0 atom stereocenters. The lowest BCUT2D eigenvalue weighted by Gasteiger charge is -2.47. The normalized spacial score (nSPS) is 28.4. The van der Waals surface area contributed by atoms with Gasteiger partial charge in [0.15, 0.2) is 17.0 Å². The Morgan fingerprint density at radius 1 is 1.00 bits per heavy atom. The Labute approximate surface area is 164 Å². The maximum absolute atomic E-state index is 13.5. The molecule has 0 unspecified atom stereocenters. The van der Waals surface area contributed by atoms with E-state index in [1.807, 2.05) is 7.05 Å². The van der Waals surface area contributed by atoms with Gasteiger partial charge >= 0.3 is 0 Å². The number of anilines is 1. The largest absolute Gasteiger partial charge is 0.353 e. The van der Waals surface area contributed by atoms with Crippen molar-refractivity contribution in [2.24, 2.45) is 12.5 Å². The lowest BCUT2D eigenvalue weighted by molar-refractivity contribution is -0.148. The van der Waals surface area contributed by atoms with Gasteiger partial charge in [0.05, 0.1) is 5.41 Å². The second-order valence-corrected chi connectivity index (χ2v) is 8.48. The van der Waals surface area contributed by atoms with Crippen molar-refractivity contribution in [2.45, 2.75) is 32.1 Å². The smallest absolute Gasteiger partial charge is 0.230 e. The summed E-state index contributed by atoms with van der Waals surface area (Å²) in [5, 5.41) is 8.33. The van der Waals surface area contributed by atoms with Crippen molar-refractivity contribution in [3.63, 3.8) is 0 Å². The molecule has 3 fully saturated rings. The molecule has 2 bridgehead atoms. The Morgan fingerprint density at radius 3 is 2.64 bits per heavy atom. The standard InChI is InChI=1S/C19H28N8O/c1-24-16-15(22-23-24)17(21-14-20-16)26-9-4-10-27(12-11-26)18(28)19-5-2-7-25(13-19)8-3-6-19/h14H,2-13H2,1H3. The van der Waals surface area contributed by atoms with Gasteiger partial charge in [-0.3, -0.25) is 4.79 Å². The van der Waals surface area contributed by atoms with Crippen LogP contribution in [0.2, 0.25) is 0 Å². The van der Waals surface area contributed by atoms with Crippen molar-refractivity contribution in [2.75, 3.05) is 50.7 Å². The van der Waals surface area contributed by atoms with Gasteiger partial charge in [-0.25, -0.2) is 14.6 Å². The lowest BCUT2D eigenvalue weighted by Crippen LogP contribution is -2.56. The van der Waals surface area contributed by atoms with E-state index in [0.29, 0.717) is 5.91 Å². The maximum atomic E-state index is 13.5. The molecule has 2 aromatic rings. The monoisotopic (exact) mass is 384 g/mol. The van der Waals surface area contributed by atoms with E-state index >= 15 is 0 Å². The minimum absolute atomic E-state index is 0.140. The van der Waals surface area contributed by atoms with Crippen LogP contribution in [0.25, 0.3) is 11.2 Å². The van der Waals surface area contributed by atoms with E-state index in [0.717, 1.165) is 94.9 Å². The summed E-state index contributed by atoms with van der Waals surface area (Å²) in [5.41, 5.74) is 1.34. The summed E-state index contributed by atoms with van der Waals surface area (Å²) in [4.78, 5) is 29.1. The van der Waals surface area contributed by atoms with E-state index in [-0.39, 0.29) is 5.41 Å². The highest BCUT2D eigenvalue weighted by Gasteiger charge is 2.46. The molecule has 5 rings (SSSR count). The van der Waals surface area contributed by atoms with E-state index in [2.05, 4.69) is 35.0 Å². The first-order valence-corrected chi connectivity index (χ1v) is 10.4. The van der Waals surface area contributed by atoms with Crippen molar-refractivity contribution in [1.29, 1.82) is 0 Å². The molecule has 3 aliphatic rings. The molecule has 1 amide bonds. The Hall–Kier alpha value is -2.29. The maximum Gasteiger partial charge on any atom is 0.230 e. The molecule has 28 heavy (non-hydrogen) atoms. The number of piperidine rings is 2. The van der Waals surface area contributed by atoms with E-state index in [4.69, 9.17) is 0 Å². The van der Waals surface area contributed by atoms with E-state index in [9.17, 15) is 4.79 Å². The SMILES string of the molecule is Cn1nnc2c(N3CCCN(C(=O)C45CCCN(CCC4)C5)CC3)ncnc21. The highest BCUT2D eigenvalue weighted by atomic mass is 16.2. The number of aromatic nitrogens is 5. The molecule has 9 nitrogen and oxygen atoms in total. The fourth-order valence-corrected chi connectivity index (χ4v) is 5.28.